The third kappa shape index (κ3) is 6.74. The van der Waals surface area contributed by atoms with Gasteiger partial charge in [0.05, 0.1) is 24.8 Å². The van der Waals surface area contributed by atoms with Crippen LogP contribution < -0.4 is 0 Å². The minimum Gasteiger partial charge on any atom is -0.465 e. The second kappa shape index (κ2) is 10.7. The van der Waals surface area contributed by atoms with Gasteiger partial charge in [-0.1, -0.05) is 0 Å². The monoisotopic (exact) mass is 335 g/mol. The fraction of sp³-hybridized carbons (Fsp3) is 0.471. The van der Waals surface area contributed by atoms with Crippen molar-refractivity contribution >= 4 is 23.7 Å². The zero-order valence-electron chi connectivity index (χ0n) is 13.4. The van der Waals surface area contributed by atoms with E-state index >= 15 is 0 Å². The summed E-state index contributed by atoms with van der Waals surface area (Å²) >= 11 is 1.62. The fourth-order valence-electron chi connectivity index (χ4n) is 1.86. The minimum atomic E-state index is -0.693. The number of ether oxygens (including phenoxy) is 2. The maximum absolute atomic E-state index is 11.5. The van der Waals surface area contributed by atoms with E-state index in [-0.39, 0.29) is 5.97 Å². The molecule has 0 aliphatic carbocycles. The molecular formula is C17H21NO4S. The number of carbonyl (C=O) groups is 2. The van der Waals surface area contributed by atoms with Gasteiger partial charge in [-0.3, -0.25) is 4.79 Å². The number of rotatable bonds is 9. The van der Waals surface area contributed by atoms with Crippen molar-refractivity contribution in [3.8, 4) is 6.07 Å². The lowest BCUT2D eigenvalue weighted by molar-refractivity contribution is -0.146. The molecule has 5 nitrogen and oxygen atoms in total. The van der Waals surface area contributed by atoms with Crippen molar-refractivity contribution in [1.82, 2.24) is 0 Å². The van der Waals surface area contributed by atoms with Gasteiger partial charge in [0.1, 0.15) is 5.92 Å². The SMILES string of the molecule is CCOC(=O)c1ccc(SCCCC(C#N)C(=O)OCC)cc1. The van der Waals surface area contributed by atoms with Crippen LogP contribution in [0.1, 0.15) is 37.0 Å². The van der Waals surface area contributed by atoms with Gasteiger partial charge in [-0.05, 0) is 56.7 Å². The second-order valence-corrected chi connectivity index (χ2v) is 5.84. The zero-order valence-corrected chi connectivity index (χ0v) is 14.2. The predicted molar refractivity (Wildman–Crippen MR) is 88.1 cm³/mol. The Balaban J connectivity index is 2.37. The van der Waals surface area contributed by atoms with Gasteiger partial charge in [-0.2, -0.15) is 5.26 Å². The van der Waals surface area contributed by atoms with Gasteiger partial charge in [0.2, 0.25) is 0 Å². The number of hydrogen-bond acceptors (Lipinski definition) is 6. The molecule has 0 aliphatic heterocycles. The van der Waals surface area contributed by atoms with Crippen LogP contribution in [0.2, 0.25) is 0 Å². The number of benzene rings is 1. The first-order valence-corrected chi connectivity index (χ1v) is 8.57. The van der Waals surface area contributed by atoms with E-state index in [4.69, 9.17) is 14.7 Å². The number of carbonyl (C=O) groups excluding carboxylic acids is 2. The molecule has 0 aliphatic rings. The van der Waals surface area contributed by atoms with Crippen molar-refractivity contribution < 1.29 is 19.1 Å². The number of hydrogen-bond donors (Lipinski definition) is 0. The molecule has 6 heteroatoms. The van der Waals surface area contributed by atoms with E-state index in [1.807, 2.05) is 18.2 Å². The molecule has 0 saturated carbocycles. The largest absolute Gasteiger partial charge is 0.465 e. The topological polar surface area (TPSA) is 76.4 Å². The van der Waals surface area contributed by atoms with Crippen LogP contribution in [0.25, 0.3) is 0 Å². The Labute approximate surface area is 141 Å². The van der Waals surface area contributed by atoms with Crippen molar-refractivity contribution in [1.29, 1.82) is 5.26 Å². The fourth-order valence-corrected chi connectivity index (χ4v) is 2.73. The number of nitriles is 1. The Hall–Kier alpha value is -2.00. The first-order chi connectivity index (χ1) is 11.1. The van der Waals surface area contributed by atoms with Gasteiger partial charge in [0.25, 0.3) is 0 Å². The van der Waals surface area contributed by atoms with Crippen LogP contribution in [-0.2, 0) is 14.3 Å². The van der Waals surface area contributed by atoms with E-state index in [0.29, 0.717) is 25.2 Å². The standard InChI is InChI=1S/C17H21NO4S/c1-3-21-16(19)13-7-9-15(10-8-13)23-11-5-6-14(12-18)17(20)22-4-2/h7-10,14H,3-6,11H2,1-2H3. The maximum Gasteiger partial charge on any atom is 0.338 e. The van der Waals surface area contributed by atoms with Crippen molar-refractivity contribution in [2.45, 2.75) is 31.6 Å². The van der Waals surface area contributed by atoms with Crippen LogP contribution in [0.15, 0.2) is 29.2 Å². The number of thioether (sulfide) groups is 1. The molecule has 1 aromatic carbocycles. The van der Waals surface area contributed by atoms with Crippen LogP contribution in [0.4, 0.5) is 0 Å². The number of nitrogens with zero attached hydrogens (tertiary/aromatic N) is 1. The first-order valence-electron chi connectivity index (χ1n) is 7.58. The van der Waals surface area contributed by atoms with E-state index in [0.717, 1.165) is 17.1 Å². The van der Waals surface area contributed by atoms with Gasteiger partial charge < -0.3 is 9.47 Å². The molecule has 0 amide bonds. The molecule has 0 saturated heterocycles. The highest BCUT2D eigenvalue weighted by Gasteiger charge is 2.18. The summed E-state index contributed by atoms with van der Waals surface area (Å²) in [6, 6.07) is 9.18. The predicted octanol–water partition coefficient (Wildman–Crippen LogP) is 3.44. The molecule has 1 rings (SSSR count). The van der Waals surface area contributed by atoms with Gasteiger partial charge >= 0.3 is 11.9 Å². The molecule has 0 bridgehead atoms. The quantitative estimate of drug-likeness (QED) is 0.391. The maximum atomic E-state index is 11.5. The van der Waals surface area contributed by atoms with E-state index in [9.17, 15) is 9.59 Å². The summed E-state index contributed by atoms with van der Waals surface area (Å²) in [5.41, 5.74) is 0.531. The van der Waals surface area contributed by atoms with E-state index in [1.54, 1.807) is 37.7 Å². The Bertz CT molecular complexity index is 551. The average molecular weight is 335 g/mol. The summed E-state index contributed by atoms with van der Waals surface area (Å²) in [7, 11) is 0. The average Bonchev–Trinajstić information content (AvgIpc) is 2.56. The molecule has 0 N–H and O–H groups in total. The van der Waals surface area contributed by atoms with Crippen LogP contribution >= 0.6 is 11.8 Å². The van der Waals surface area contributed by atoms with Crippen LogP contribution in [0.3, 0.4) is 0 Å². The summed E-state index contributed by atoms with van der Waals surface area (Å²) in [6.07, 6.45) is 1.23. The highest BCUT2D eigenvalue weighted by molar-refractivity contribution is 7.99. The van der Waals surface area contributed by atoms with Crippen molar-refractivity contribution in [3.05, 3.63) is 29.8 Å². The van der Waals surface area contributed by atoms with Crippen molar-refractivity contribution in [3.63, 3.8) is 0 Å². The lowest BCUT2D eigenvalue weighted by atomic mass is 10.1. The Kier molecular flexibility index (Phi) is 8.85. The Morgan fingerprint density at radius 2 is 1.83 bits per heavy atom. The molecule has 0 fully saturated rings. The van der Waals surface area contributed by atoms with Gasteiger partial charge in [0, 0.05) is 4.90 Å². The highest BCUT2D eigenvalue weighted by Crippen LogP contribution is 2.21. The van der Waals surface area contributed by atoms with Gasteiger partial charge in [-0.15, -0.1) is 11.8 Å². The Morgan fingerprint density at radius 3 is 2.39 bits per heavy atom. The van der Waals surface area contributed by atoms with Gasteiger partial charge in [-0.25, -0.2) is 4.79 Å². The lowest BCUT2D eigenvalue weighted by Crippen LogP contribution is -2.16. The molecule has 1 atom stereocenters. The van der Waals surface area contributed by atoms with E-state index in [2.05, 4.69) is 0 Å². The first kappa shape index (κ1) is 19.0. The normalized spacial score (nSPS) is 11.3. The molecule has 23 heavy (non-hydrogen) atoms. The van der Waals surface area contributed by atoms with Crippen LogP contribution in [0.5, 0.6) is 0 Å². The summed E-state index contributed by atoms with van der Waals surface area (Å²) in [5.74, 6) is -0.674. The molecule has 0 aromatic heterocycles. The molecule has 0 spiro atoms. The Morgan fingerprint density at radius 1 is 1.17 bits per heavy atom. The lowest BCUT2D eigenvalue weighted by Gasteiger charge is -2.08. The zero-order chi connectivity index (χ0) is 17.1. The smallest absolute Gasteiger partial charge is 0.338 e. The number of esters is 2. The van der Waals surface area contributed by atoms with Crippen molar-refractivity contribution in [2.24, 2.45) is 5.92 Å². The van der Waals surface area contributed by atoms with Gasteiger partial charge in [0.15, 0.2) is 0 Å². The summed E-state index contributed by atoms with van der Waals surface area (Å²) in [4.78, 5) is 24.1. The molecule has 124 valence electrons. The third-order valence-electron chi connectivity index (χ3n) is 3.00. The van der Waals surface area contributed by atoms with Crippen LogP contribution in [0, 0.1) is 17.2 Å². The molecule has 1 unspecified atom stereocenters. The minimum absolute atomic E-state index is 0.290. The molecule has 1 aromatic rings. The third-order valence-corrected chi connectivity index (χ3v) is 4.10. The summed E-state index contributed by atoms with van der Waals surface area (Å²) < 4.78 is 9.78. The van der Waals surface area contributed by atoms with E-state index < -0.39 is 11.9 Å². The van der Waals surface area contributed by atoms with E-state index in [1.165, 1.54) is 0 Å². The summed E-state index contributed by atoms with van der Waals surface area (Å²) in [6.45, 7) is 4.14. The molecule has 0 radical (unpaired) electrons. The second-order valence-electron chi connectivity index (χ2n) is 4.67. The van der Waals surface area contributed by atoms with Crippen molar-refractivity contribution in [2.75, 3.05) is 19.0 Å². The summed E-state index contributed by atoms with van der Waals surface area (Å²) in [5, 5.41) is 8.96. The molecular weight excluding hydrogens is 314 g/mol. The highest BCUT2D eigenvalue weighted by atomic mass is 32.2. The molecule has 0 heterocycles. The van der Waals surface area contributed by atoms with Crippen LogP contribution in [-0.4, -0.2) is 30.9 Å².